The molecule has 0 unspecified atom stereocenters. The van der Waals surface area contributed by atoms with Crippen LogP contribution >= 0.6 is 23.1 Å². The summed E-state index contributed by atoms with van der Waals surface area (Å²) >= 11 is 7.33. The molecule has 30 heavy (non-hydrogen) atoms. The van der Waals surface area contributed by atoms with Crippen molar-refractivity contribution in [2.75, 3.05) is 6.26 Å². The van der Waals surface area contributed by atoms with Gasteiger partial charge in [-0.15, -0.1) is 0 Å². The van der Waals surface area contributed by atoms with Crippen LogP contribution in [0.1, 0.15) is 10.5 Å². The van der Waals surface area contributed by atoms with Crippen molar-refractivity contribution in [3.05, 3.63) is 65.3 Å². The summed E-state index contributed by atoms with van der Waals surface area (Å²) in [7, 11) is -3.37. The molecule has 2 aromatic heterocycles. The quantitative estimate of drug-likeness (QED) is 0.481. The van der Waals surface area contributed by atoms with E-state index in [1.807, 2.05) is 0 Å². The number of rotatable bonds is 5. The van der Waals surface area contributed by atoms with Crippen LogP contribution in [0.15, 0.2) is 59.5 Å². The predicted octanol–water partition coefficient (Wildman–Crippen LogP) is 3.81. The van der Waals surface area contributed by atoms with Gasteiger partial charge in [-0.05, 0) is 35.8 Å². The third kappa shape index (κ3) is 3.84. The summed E-state index contributed by atoms with van der Waals surface area (Å²) in [5.74, 6) is -0.946. The third-order valence-electron chi connectivity index (χ3n) is 4.17. The van der Waals surface area contributed by atoms with Gasteiger partial charge in [-0.25, -0.2) is 22.9 Å². The number of carboxylic acids is 1. The Labute approximate surface area is 180 Å². The molecular weight excluding hydrogens is 448 g/mol. The number of hydrogen-bond donors (Lipinski definition) is 1. The number of nitrogens with zero attached hydrogens (tertiary/aromatic N) is 4. The second kappa shape index (κ2) is 7.63. The number of hydrogen-bond acceptors (Lipinski definition) is 7. The summed E-state index contributed by atoms with van der Waals surface area (Å²) in [5.41, 5.74) is 1.24. The van der Waals surface area contributed by atoms with Gasteiger partial charge in [0, 0.05) is 17.9 Å². The molecule has 0 saturated heterocycles. The smallest absolute Gasteiger partial charge is 0.356 e. The minimum atomic E-state index is -3.37. The maximum Gasteiger partial charge on any atom is 0.356 e. The van der Waals surface area contributed by atoms with Crippen LogP contribution in [0.5, 0.6) is 0 Å². The second-order valence-corrected chi connectivity index (χ2v) is 9.48. The van der Waals surface area contributed by atoms with Crippen LogP contribution in [0.25, 0.3) is 27.8 Å². The summed E-state index contributed by atoms with van der Waals surface area (Å²) < 4.78 is 29.4. The standard InChI is InChI=1S/C19H13ClN4O4S2/c1-30(27,28)12-6-4-5-11(9-12)18-21-17(23-29-18)16-10-14(19(25)26)22-24(16)15-8-3-2-7-13(15)20/h2-10H,1H3,(H,25,26). The van der Waals surface area contributed by atoms with Crippen molar-refractivity contribution < 1.29 is 18.3 Å². The minimum absolute atomic E-state index is 0.172. The third-order valence-corrected chi connectivity index (χ3v) is 6.37. The van der Waals surface area contributed by atoms with Gasteiger partial charge in [-0.2, -0.15) is 9.47 Å². The largest absolute Gasteiger partial charge is 0.476 e. The molecule has 0 spiro atoms. The fourth-order valence-corrected chi connectivity index (χ4v) is 4.31. The second-order valence-electron chi connectivity index (χ2n) is 6.31. The summed E-state index contributed by atoms with van der Waals surface area (Å²) in [6.07, 6.45) is 1.13. The van der Waals surface area contributed by atoms with Crippen LogP contribution in [0, 0.1) is 0 Å². The van der Waals surface area contributed by atoms with Gasteiger partial charge in [-0.1, -0.05) is 35.9 Å². The molecule has 0 aliphatic heterocycles. The van der Waals surface area contributed by atoms with E-state index in [9.17, 15) is 18.3 Å². The number of sulfone groups is 1. The lowest BCUT2D eigenvalue weighted by Crippen LogP contribution is -2.03. The molecule has 0 radical (unpaired) electrons. The molecule has 1 N–H and O–H groups in total. The number of aromatic nitrogens is 4. The van der Waals surface area contributed by atoms with Crippen molar-refractivity contribution in [2.24, 2.45) is 0 Å². The van der Waals surface area contributed by atoms with Crippen LogP contribution < -0.4 is 0 Å². The topological polar surface area (TPSA) is 115 Å². The Hall–Kier alpha value is -3.08. The van der Waals surface area contributed by atoms with Gasteiger partial charge in [-0.3, -0.25) is 0 Å². The highest BCUT2D eigenvalue weighted by molar-refractivity contribution is 7.90. The van der Waals surface area contributed by atoms with Gasteiger partial charge in [0.25, 0.3) is 0 Å². The van der Waals surface area contributed by atoms with E-state index in [-0.39, 0.29) is 16.4 Å². The van der Waals surface area contributed by atoms with E-state index in [4.69, 9.17) is 11.6 Å². The van der Waals surface area contributed by atoms with E-state index in [2.05, 4.69) is 14.5 Å². The van der Waals surface area contributed by atoms with Gasteiger partial charge in [0.15, 0.2) is 21.4 Å². The highest BCUT2D eigenvalue weighted by atomic mass is 35.5. The lowest BCUT2D eigenvalue weighted by atomic mass is 10.2. The van der Waals surface area contributed by atoms with Crippen LogP contribution in [0.2, 0.25) is 5.02 Å². The number of carbonyl (C=O) groups is 1. The average Bonchev–Trinajstić information content (AvgIpc) is 3.35. The number of aromatic carboxylic acids is 1. The Morgan fingerprint density at radius 1 is 1.13 bits per heavy atom. The van der Waals surface area contributed by atoms with Crippen molar-refractivity contribution in [1.29, 1.82) is 0 Å². The molecule has 0 aliphatic rings. The summed E-state index contributed by atoms with van der Waals surface area (Å²) in [5, 5.41) is 14.4. The Morgan fingerprint density at radius 2 is 1.90 bits per heavy atom. The lowest BCUT2D eigenvalue weighted by molar-refractivity contribution is 0.0690. The van der Waals surface area contributed by atoms with Crippen LogP contribution in [-0.4, -0.2) is 44.9 Å². The molecular formula is C19H13ClN4O4S2. The maximum atomic E-state index is 11.8. The monoisotopic (exact) mass is 460 g/mol. The average molecular weight is 461 g/mol. The van der Waals surface area contributed by atoms with Crippen LogP contribution in [0.3, 0.4) is 0 Å². The first-order valence-electron chi connectivity index (χ1n) is 8.47. The first-order chi connectivity index (χ1) is 14.2. The van der Waals surface area contributed by atoms with E-state index in [0.717, 1.165) is 17.8 Å². The van der Waals surface area contributed by atoms with Crippen LogP contribution in [0.4, 0.5) is 0 Å². The van der Waals surface area contributed by atoms with Crippen molar-refractivity contribution in [3.63, 3.8) is 0 Å². The molecule has 11 heteroatoms. The first kappa shape index (κ1) is 20.2. The Morgan fingerprint density at radius 3 is 2.60 bits per heavy atom. The van der Waals surface area contributed by atoms with E-state index in [1.165, 1.54) is 22.9 Å². The molecule has 0 atom stereocenters. The number of halogens is 1. The predicted molar refractivity (Wildman–Crippen MR) is 113 cm³/mol. The van der Waals surface area contributed by atoms with E-state index in [0.29, 0.717) is 27.0 Å². The van der Waals surface area contributed by atoms with Crippen molar-refractivity contribution in [2.45, 2.75) is 4.90 Å². The zero-order valence-electron chi connectivity index (χ0n) is 15.4. The summed E-state index contributed by atoms with van der Waals surface area (Å²) in [6.45, 7) is 0. The van der Waals surface area contributed by atoms with E-state index in [1.54, 1.807) is 36.4 Å². The molecule has 4 rings (SSSR count). The minimum Gasteiger partial charge on any atom is -0.476 e. The van der Waals surface area contributed by atoms with Gasteiger partial charge >= 0.3 is 5.97 Å². The fourth-order valence-electron chi connectivity index (χ4n) is 2.76. The van der Waals surface area contributed by atoms with Crippen LogP contribution in [-0.2, 0) is 9.84 Å². The first-order valence-corrected chi connectivity index (χ1v) is 11.5. The zero-order chi connectivity index (χ0) is 21.5. The molecule has 0 saturated carbocycles. The molecule has 0 bridgehead atoms. The zero-order valence-corrected chi connectivity index (χ0v) is 17.7. The highest BCUT2D eigenvalue weighted by Crippen LogP contribution is 2.30. The normalized spacial score (nSPS) is 11.5. The molecule has 4 aromatic rings. The maximum absolute atomic E-state index is 11.8. The van der Waals surface area contributed by atoms with E-state index < -0.39 is 15.8 Å². The van der Waals surface area contributed by atoms with Crippen molar-refractivity contribution in [1.82, 2.24) is 19.1 Å². The Balaban J connectivity index is 1.83. The van der Waals surface area contributed by atoms with Gasteiger partial charge in [0.1, 0.15) is 10.7 Å². The summed E-state index contributed by atoms with van der Waals surface area (Å²) in [6, 6.07) is 14.6. The summed E-state index contributed by atoms with van der Waals surface area (Å²) in [4.78, 5) is 16.1. The Kier molecular flexibility index (Phi) is 5.14. The van der Waals surface area contributed by atoms with Crippen molar-refractivity contribution in [3.8, 4) is 27.8 Å². The molecule has 8 nitrogen and oxygen atoms in total. The highest BCUT2D eigenvalue weighted by Gasteiger charge is 2.21. The fraction of sp³-hybridized carbons (Fsp3) is 0.0526. The lowest BCUT2D eigenvalue weighted by Gasteiger charge is -2.06. The number of para-hydroxylation sites is 1. The van der Waals surface area contributed by atoms with Crippen molar-refractivity contribution >= 4 is 38.9 Å². The molecule has 2 aromatic carbocycles. The molecule has 0 amide bonds. The van der Waals surface area contributed by atoms with E-state index >= 15 is 0 Å². The molecule has 0 fully saturated rings. The van der Waals surface area contributed by atoms with Gasteiger partial charge in [0.05, 0.1) is 15.6 Å². The number of carboxylic acid groups (broad SMARTS) is 1. The van der Waals surface area contributed by atoms with Gasteiger partial charge in [0.2, 0.25) is 0 Å². The molecule has 2 heterocycles. The SMILES string of the molecule is CS(=O)(=O)c1cccc(-c2nc(-c3cc(C(=O)O)nn3-c3ccccc3Cl)ns2)c1. The Bertz CT molecular complexity index is 1380. The molecule has 0 aliphatic carbocycles. The molecule has 152 valence electrons. The van der Waals surface area contributed by atoms with Gasteiger partial charge < -0.3 is 5.11 Å². The number of benzene rings is 2.